The predicted molar refractivity (Wildman–Crippen MR) is 214 cm³/mol. The van der Waals surface area contributed by atoms with Gasteiger partial charge in [-0.05, 0) is 129 Å². The van der Waals surface area contributed by atoms with Crippen molar-refractivity contribution in [2.24, 2.45) is 0 Å². The van der Waals surface area contributed by atoms with E-state index in [-0.39, 0.29) is 17.5 Å². The van der Waals surface area contributed by atoms with Crippen molar-refractivity contribution in [3.8, 4) is 39.4 Å². The lowest BCUT2D eigenvalue weighted by Crippen LogP contribution is -2.58. The second-order valence-corrected chi connectivity index (χ2v) is 16.9. The number of nitrogens with zero attached hydrogens (tertiary/aromatic N) is 1. The van der Waals surface area contributed by atoms with Gasteiger partial charge in [0, 0.05) is 22.0 Å². The lowest BCUT2D eigenvalue weighted by molar-refractivity contribution is 0.487. The van der Waals surface area contributed by atoms with Gasteiger partial charge in [0.1, 0.15) is 11.5 Å². The fourth-order valence-electron chi connectivity index (χ4n) is 8.77. The average Bonchev–Trinajstić information content (AvgIpc) is 3.39. The quantitative estimate of drug-likeness (QED) is 0.170. The SMILES string of the molecule is Cc1cc(C)c(-c2cc3c4c(c2)-n2c5ccc(C(C)(C)C)cc5c5cc(C(C)(C)C)cc(c52)B4c2cc(-c4ccccc4)ccc2O3)c(C)c1. The maximum absolute atomic E-state index is 7.03. The first-order valence-corrected chi connectivity index (χ1v) is 18.0. The Morgan fingerprint density at radius 2 is 1.26 bits per heavy atom. The third-order valence-electron chi connectivity index (χ3n) is 11.2. The zero-order valence-corrected chi connectivity index (χ0v) is 30.7. The van der Waals surface area contributed by atoms with Crippen LogP contribution in [0.2, 0.25) is 0 Å². The summed E-state index contributed by atoms with van der Waals surface area (Å²) in [5, 5.41) is 2.65. The summed E-state index contributed by atoms with van der Waals surface area (Å²) in [7, 11) is 0. The molecule has 50 heavy (non-hydrogen) atoms. The molecule has 246 valence electrons. The van der Waals surface area contributed by atoms with Gasteiger partial charge in [0.25, 0.3) is 6.71 Å². The van der Waals surface area contributed by atoms with E-state index < -0.39 is 0 Å². The largest absolute Gasteiger partial charge is 0.458 e. The first-order valence-electron chi connectivity index (χ1n) is 18.0. The Hall–Kier alpha value is -5.02. The summed E-state index contributed by atoms with van der Waals surface area (Å²) < 4.78 is 9.59. The Labute approximate surface area is 296 Å². The van der Waals surface area contributed by atoms with Crippen LogP contribution in [0.4, 0.5) is 0 Å². The topological polar surface area (TPSA) is 14.2 Å². The van der Waals surface area contributed by atoms with Gasteiger partial charge in [0.05, 0.1) is 5.52 Å². The Kier molecular flexibility index (Phi) is 6.51. The van der Waals surface area contributed by atoms with E-state index in [1.165, 1.54) is 94.0 Å². The van der Waals surface area contributed by atoms with Gasteiger partial charge < -0.3 is 9.30 Å². The molecule has 0 atom stereocenters. The van der Waals surface area contributed by atoms with Crippen LogP contribution in [0.25, 0.3) is 49.7 Å². The zero-order chi connectivity index (χ0) is 34.9. The third-order valence-corrected chi connectivity index (χ3v) is 11.2. The summed E-state index contributed by atoms with van der Waals surface area (Å²) >= 11 is 0. The van der Waals surface area contributed by atoms with E-state index in [4.69, 9.17) is 4.74 Å². The van der Waals surface area contributed by atoms with E-state index in [1.54, 1.807) is 0 Å². The predicted octanol–water partition coefficient (Wildman–Crippen LogP) is 10.6. The molecule has 6 aromatic carbocycles. The van der Waals surface area contributed by atoms with Crippen LogP contribution in [0.1, 0.15) is 69.4 Å². The summed E-state index contributed by atoms with van der Waals surface area (Å²) in [6.45, 7) is 20.7. The normalized spacial score (nSPS) is 13.4. The van der Waals surface area contributed by atoms with Crippen LogP contribution in [0.15, 0.2) is 103 Å². The molecule has 0 spiro atoms. The highest BCUT2D eigenvalue weighted by molar-refractivity contribution is 6.99. The van der Waals surface area contributed by atoms with Crippen molar-refractivity contribution in [3.05, 3.63) is 131 Å². The minimum atomic E-state index is -0.0197. The first-order chi connectivity index (χ1) is 23.8. The molecular weight excluding hydrogens is 605 g/mol. The summed E-state index contributed by atoms with van der Waals surface area (Å²) in [4.78, 5) is 0. The second-order valence-electron chi connectivity index (χ2n) is 16.9. The standard InChI is InChI=1S/C47H44BNO/c1-27-19-28(2)43(29(3)20-27)32-22-40-44-42(23-32)50-41-18-15-31(30-13-11-10-12-14-30)21-37(41)48(44)38-26-34(47(7,8)9)25-36-35-24-33(46(4,5)6)16-17-39(35)49(40)45(36)38/h10-26H,1-9H3. The Morgan fingerprint density at radius 3 is 1.96 bits per heavy atom. The second kappa shape index (κ2) is 10.5. The fraction of sp³-hybridized carbons (Fsp3) is 0.234. The molecule has 0 N–H and O–H groups in total. The lowest BCUT2D eigenvalue weighted by Gasteiger charge is -2.35. The van der Waals surface area contributed by atoms with Crippen LogP contribution in [0, 0.1) is 20.8 Å². The van der Waals surface area contributed by atoms with Gasteiger partial charge >= 0.3 is 0 Å². The van der Waals surface area contributed by atoms with Crippen LogP contribution in [0.3, 0.4) is 0 Å². The maximum Gasteiger partial charge on any atom is 0.256 e. The van der Waals surface area contributed by atoms with E-state index in [2.05, 4.69) is 170 Å². The Bertz CT molecular complexity index is 2530. The van der Waals surface area contributed by atoms with E-state index in [9.17, 15) is 0 Å². The van der Waals surface area contributed by atoms with Crippen LogP contribution in [0.5, 0.6) is 11.5 Å². The first kappa shape index (κ1) is 31.0. The summed E-state index contributed by atoms with van der Waals surface area (Å²) in [5.41, 5.74) is 19.2. The van der Waals surface area contributed by atoms with Crippen LogP contribution >= 0.6 is 0 Å². The highest BCUT2D eigenvalue weighted by Gasteiger charge is 2.42. The molecule has 7 aromatic rings. The molecule has 1 aromatic heterocycles. The zero-order valence-electron chi connectivity index (χ0n) is 30.7. The summed E-state index contributed by atoms with van der Waals surface area (Å²) in [5.74, 6) is 1.89. The smallest absolute Gasteiger partial charge is 0.256 e. The van der Waals surface area contributed by atoms with E-state index in [0.29, 0.717) is 0 Å². The molecule has 0 saturated carbocycles. The van der Waals surface area contributed by atoms with Crippen molar-refractivity contribution in [2.45, 2.75) is 73.1 Å². The van der Waals surface area contributed by atoms with E-state index in [1.807, 2.05) is 0 Å². The Balaban J connectivity index is 1.44. The number of aromatic nitrogens is 1. The minimum absolute atomic E-state index is 0.0197. The monoisotopic (exact) mass is 649 g/mol. The molecule has 0 bridgehead atoms. The van der Waals surface area contributed by atoms with Crippen molar-refractivity contribution in [1.82, 2.24) is 4.57 Å². The number of benzene rings is 6. The Morgan fingerprint density at radius 1 is 0.560 bits per heavy atom. The van der Waals surface area contributed by atoms with Crippen molar-refractivity contribution in [1.29, 1.82) is 0 Å². The van der Waals surface area contributed by atoms with Crippen molar-refractivity contribution in [3.63, 3.8) is 0 Å². The fourth-order valence-corrected chi connectivity index (χ4v) is 8.77. The van der Waals surface area contributed by atoms with Crippen LogP contribution in [-0.2, 0) is 10.8 Å². The molecule has 3 heterocycles. The van der Waals surface area contributed by atoms with Gasteiger partial charge in [-0.2, -0.15) is 0 Å². The molecule has 0 aliphatic carbocycles. The van der Waals surface area contributed by atoms with Crippen molar-refractivity contribution in [2.75, 3.05) is 0 Å². The van der Waals surface area contributed by atoms with Gasteiger partial charge in [-0.25, -0.2) is 0 Å². The number of hydrogen-bond donors (Lipinski definition) is 0. The van der Waals surface area contributed by atoms with E-state index >= 15 is 0 Å². The molecule has 2 nitrogen and oxygen atoms in total. The van der Waals surface area contributed by atoms with Gasteiger partial charge in [-0.15, -0.1) is 0 Å². The molecular formula is C47H44BNO. The number of fused-ring (bicyclic) bond motifs is 7. The van der Waals surface area contributed by atoms with Crippen molar-refractivity contribution < 1.29 is 4.74 Å². The van der Waals surface area contributed by atoms with Crippen LogP contribution in [-0.4, -0.2) is 11.3 Å². The molecule has 3 heteroatoms. The summed E-state index contributed by atoms with van der Waals surface area (Å²) in [6, 6.07) is 39.0. The van der Waals surface area contributed by atoms with Gasteiger partial charge in [0.2, 0.25) is 0 Å². The number of rotatable bonds is 2. The molecule has 0 unspecified atom stereocenters. The lowest BCUT2D eigenvalue weighted by atomic mass is 9.34. The number of ether oxygens (including phenoxy) is 1. The highest BCUT2D eigenvalue weighted by atomic mass is 16.5. The van der Waals surface area contributed by atoms with Gasteiger partial charge in [0.15, 0.2) is 0 Å². The molecule has 0 saturated heterocycles. The molecule has 0 radical (unpaired) electrons. The van der Waals surface area contributed by atoms with E-state index in [0.717, 1.165) is 11.5 Å². The molecule has 0 amide bonds. The molecule has 9 rings (SSSR count). The summed E-state index contributed by atoms with van der Waals surface area (Å²) in [6.07, 6.45) is 0. The minimum Gasteiger partial charge on any atom is -0.458 e. The number of aryl methyl sites for hydroxylation is 3. The third kappa shape index (κ3) is 4.55. The highest BCUT2D eigenvalue weighted by Crippen LogP contribution is 2.43. The average molecular weight is 650 g/mol. The van der Waals surface area contributed by atoms with Crippen molar-refractivity contribution >= 4 is 44.9 Å². The maximum atomic E-state index is 7.03. The molecule has 0 fully saturated rings. The van der Waals surface area contributed by atoms with Crippen LogP contribution < -0.4 is 21.1 Å². The van der Waals surface area contributed by atoms with Gasteiger partial charge in [-0.1, -0.05) is 114 Å². The molecule has 2 aliphatic rings. The van der Waals surface area contributed by atoms with Gasteiger partial charge in [-0.3, -0.25) is 0 Å². The molecule has 2 aliphatic heterocycles. The number of hydrogen-bond acceptors (Lipinski definition) is 1.